The summed E-state index contributed by atoms with van der Waals surface area (Å²) >= 11 is 0. The van der Waals surface area contributed by atoms with Crippen LogP contribution < -0.4 is 10.2 Å². The van der Waals surface area contributed by atoms with Crippen LogP contribution in [0.25, 0.3) is 16.5 Å². The van der Waals surface area contributed by atoms with Crippen LogP contribution in [0.3, 0.4) is 0 Å². The Morgan fingerprint density at radius 3 is 2.66 bits per heavy atom. The van der Waals surface area contributed by atoms with Crippen LogP contribution in [0.2, 0.25) is 0 Å². The summed E-state index contributed by atoms with van der Waals surface area (Å²) in [5.41, 5.74) is 4.48. The second-order valence-electron chi connectivity index (χ2n) is 8.63. The minimum Gasteiger partial charge on any atom is -0.353 e. The lowest BCUT2D eigenvalue weighted by Gasteiger charge is -2.30. The summed E-state index contributed by atoms with van der Waals surface area (Å²) in [6, 6.07) is 10.4. The zero-order valence-corrected chi connectivity index (χ0v) is 18.7. The highest BCUT2D eigenvalue weighted by Crippen LogP contribution is 2.45. The van der Waals surface area contributed by atoms with E-state index in [1.54, 1.807) is 0 Å². The van der Waals surface area contributed by atoms with E-state index in [9.17, 15) is 0 Å². The number of anilines is 1. The lowest BCUT2D eigenvalue weighted by molar-refractivity contribution is 0.584. The molecule has 1 saturated heterocycles. The van der Waals surface area contributed by atoms with Gasteiger partial charge >= 0.3 is 0 Å². The number of nitrogens with zero attached hydrogens (tertiary/aromatic N) is 5. The Bertz CT molecular complexity index is 1130. The largest absolute Gasteiger partial charge is 0.353 e. The van der Waals surface area contributed by atoms with Crippen molar-refractivity contribution < 1.29 is 0 Å². The number of pyridine rings is 1. The molecule has 2 aliphatic rings. The van der Waals surface area contributed by atoms with Gasteiger partial charge in [0.1, 0.15) is 11.6 Å². The summed E-state index contributed by atoms with van der Waals surface area (Å²) in [5.74, 6) is 2.52. The monoisotopic (exact) mass is 426 g/mol. The number of fused-ring (bicyclic) bond motifs is 1. The minimum absolute atomic E-state index is 0.0264. The highest BCUT2D eigenvalue weighted by atomic mass is 15.2. The molecule has 0 amide bonds. The van der Waals surface area contributed by atoms with Crippen LogP contribution in [-0.4, -0.2) is 47.8 Å². The molecule has 1 N–H and O–H groups in total. The maximum Gasteiger partial charge on any atom is 0.140 e. The Morgan fingerprint density at radius 2 is 1.97 bits per heavy atom. The van der Waals surface area contributed by atoms with Crippen LogP contribution in [0.15, 0.2) is 53.9 Å². The number of benzene rings is 1. The molecule has 2 aromatic heterocycles. The van der Waals surface area contributed by atoms with Crippen molar-refractivity contribution in [3.05, 3.63) is 65.9 Å². The molecule has 1 aliphatic heterocycles. The molecule has 164 valence electrons. The Labute approximate surface area is 189 Å². The first-order valence-corrected chi connectivity index (χ1v) is 11.6. The highest BCUT2D eigenvalue weighted by molar-refractivity contribution is 5.93. The molecule has 1 aromatic carbocycles. The Hall–Kier alpha value is -3.12. The molecule has 1 aliphatic carbocycles. The molecule has 5 rings (SSSR count). The number of aromatic nitrogens is 3. The predicted octanol–water partition coefficient (Wildman–Crippen LogP) is 4.55. The average molecular weight is 427 g/mol. The molecule has 6 nitrogen and oxygen atoms in total. The maximum absolute atomic E-state index is 5.25. The molecule has 6 heteroatoms. The summed E-state index contributed by atoms with van der Waals surface area (Å²) in [6.07, 6.45) is 9.13. The Morgan fingerprint density at radius 1 is 1.19 bits per heavy atom. The van der Waals surface area contributed by atoms with Crippen molar-refractivity contribution >= 4 is 29.0 Å². The first-order chi connectivity index (χ1) is 15.8. The fourth-order valence-corrected chi connectivity index (χ4v) is 4.71. The number of allylic oxidation sites excluding steroid dienone is 1. The topological polar surface area (TPSA) is 66.3 Å². The molecule has 1 saturated carbocycles. The van der Waals surface area contributed by atoms with Crippen molar-refractivity contribution in [3.8, 4) is 0 Å². The van der Waals surface area contributed by atoms with Gasteiger partial charge in [-0.25, -0.2) is 9.97 Å². The molecule has 0 spiro atoms. The zero-order chi connectivity index (χ0) is 21.9. The van der Waals surface area contributed by atoms with Gasteiger partial charge in [0.05, 0.1) is 11.7 Å². The molecule has 3 aromatic rings. The lowest BCUT2D eigenvalue weighted by atomic mass is 9.90. The van der Waals surface area contributed by atoms with Gasteiger partial charge in [0.2, 0.25) is 0 Å². The van der Waals surface area contributed by atoms with Crippen molar-refractivity contribution in [2.24, 2.45) is 4.99 Å². The second kappa shape index (κ2) is 9.17. The SMILES string of the molecule is C=N/C=C(/c1ccccc1)C(CC)c1nc(N2CCNCC2)c2c(C3CC3)cncc2n1. The molecular formula is C26H30N6. The number of rotatable bonds is 7. The smallest absolute Gasteiger partial charge is 0.140 e. The molecule has 0 radical (unpaired) electrons. The van der Waals surface area contributed by atoms with Crippen LogP contribution in [0.4, 0.5) is 5.82 Å². The normalized spacial score (nSPS) is 18.0. The third-order valence-electron chi connectivity index (χ3n) is 6.50. The fourth-order valence-electron chi connectivity index (χ4n) is 4.71. The highest BCUT2D eigenvalue weighted by Gasteiger charge is 2.30. The van der Waals surface area contributed by atoms with Crippen molar-refractivity contribution in [1.82, 2.24) is 20.3 Å². The van der Waals surface area contributed by atoms with E-state index >= 15 is 0 Å². The van der Waals surface area contributed by atoms with Crippen molar-refractivity contribution in [2.75, 3.05) is 31.1 Å². The molecule has 32 heavy (non-hydrogen) atoms. The predicted molar refractivity (Wildman–Crippen MR) is 131 cm³/mol. The van der Waals surface area contributed by atoms with E-state index in [2.05, 4.69) is 58.1 Å². The van der Waals surface area contributed by atoms with Crippen molar-refractivity contribution in [1.29, 1.82) is 0 Å². The maximum atomic E-state index is 5.25. The van der Waals surface area contributed by atoms with E-state index in [1.165, 1.54) is 23.8 Å². The van der Waals surface area contributed by atoms with Gasteiger partial charge in [-0.2, -0.15) is 0 Å². The third-order valence-corrected chi connectivity index (χ3v) is 6.50. The first-order valence-electron chi connectivity index (χ1n) is 11.6. The van der Waals surface area contributed by atoms with Gasteiger partial charge in [-0.05, 0) is 48.6 Å². The quantitative estimate of drug-likeness (QED) is 0.562. The van der Waals surface area contributed by atoms with E-state index in [4.69, 9.17) is 9.97 Å². The van der Waals surface area contributed by atoms with Crippen LogP contribution >= 0.6 is 0 Å². The van der Waals surface area contributed by atoms with E-state index in [1.807, 2.05) is 24.7 Å². The lowest BCUT2D eigenvalue weighted by Crippen LogP contribution is -2.44. The van der Waals surface area contributed by atoms with Crippen LogP contribution in [-0.2, 0) is 0 Å². The molecule has 1 unspecified atom stereocenters. The molecule has 2 fully saturated rings. The standard InChI is InChI=1S/C26H30N6/c1-3-20(21(15-27-2)18-7-5-4-6-8-18)25-30-23-17-29-16-22(19-9-10-19)24(23)26(31-25)32-13-11-28-12-14-32/h4-8,15-17,19-20,28H,2-3,9-14H2,1H3/b21-15-. The van der Waals surface area contributed by atoms with E-state index in [0.717, 1.165) is 60.9 Å². The summed E-state index contributed by atoms with van der Waals surface area (Å²) < 4.78 is 0. The fraction of sp³-hybridized carbons (Fsp3) is 0.385. The van der Waals surface area contributed by atoms with Gasteiger partial charge in [-0.1, -0.05) is 37.3 Å². The average Bonchev–Trinajstić information content (AvgIpc) is 3.70. The second-order valence-corrected chi connectivity index (χ2v) is 8.63. The Kier molecular flexibility index (Phi) is 5.95. The summed E-state index contributed by atoms with van der Waals surface area (Å²) in [4.78, 5) is 21.4. The van der Waals surface area contributed by atoms with Crippen molar-refractivity contribution in [3.63, 3.8) is 0 Å². The van der Waals surface area contributed by atoms with E-state index in [0.29, 0.717) is 5.92 Å². The van der Waals surface area contributed by atoms with Gasteiger partial charge in [0.15, 0.2) is 0 Å². The van der Waals surface area contributed by atoms with Gasteiger partial charge in [0, 0.05) is 49.9 Å². The van der Waals surface area contributed by atoms with Crippen LogP contribution in [0, 0.1) is 0 Å². The molecular weight excluding hydrogens is 396 g/mol. The molecule has 0 bridgehead atoms. The first kappa shape index (κ1) is 20.8. The van der Waals surface area contributed by atoms with Gasteiger partial charge < -0.3 is 10.2 Å². The molecule has 3 heterocycles. The van der Waals surface area contributed by atoms with Gasteiger partial charge in [-0.15, -0.1) is 0 Å². The summed E-state index contributed by atoms with van der Waals surface area (Å²) in [7, 11) is 0. The van der Waals surface area contributed by atoms with Crippen LogP contribution in [0.5, 0.6) is 0 Å². The van der Waals surface area contributed by atoms with E-state index in [-0.39, 0.29) is 5.92 Å². The third kappa shape index (κ3) is 4.02. The molecule has 1 atom stereocenters. The zero-order valence-electron chi connectivity index (χ0n) is 18.7. The van der Waals surface area contributed by atoms with Crippen molar-refractivity contribution in [2.45, 2.75) is 38.0 Å². The number of piperazine rings is 1. The Balaban J connectivity index is 1.68. The van der Waals surface area contributed by atoms with Gasteiger partial charge in [-0.3, -0.25) is 9.98 Å². The minimum atomic E-state index is 0.0264. The summed E-state index contributed by atoms with van der Waals surface area (Å²) in [6.45, 7) is 9.74. The number of aliphatic imine (C=N–C) groups is 1. The number of hydrogen-bond donors (Lipinski definition) is 1. The number of nitrogens with one attached hydrogen (secondary N) is 1. The van der Waals surface area contributed by atoms with Crippen LogP contribution in [0.1, 0.15) is 55.0 Å². The number of hydrogen-bond acceptors (Lipinski definition) is 6. The van der Waals surface area contributed by atoms with E-state index < -0.39 is 0 Å². The summed E-state index contributed by atoms with van der Waals surface area (Å²) in [5, 5.41) is 4.65. The van der Waals surface area contributed by atoms with Gasteiger partial charge in [0.25, 0.3) is 0 Å².